The molecule has 92 valence electrons. The molecule has 0 amide bonds. The molecule has 16 heavy (non-hydrogen) atoms. The Labute approximate surface area is 99.2 Å². The Kier molecular flexibility index (Phi) is 4.84. The van der Waals surface area contributed by atoms with Crippen LogP contribution in [0.2, 0.25) is 0 Å². The summed E-state index contributed by atoms with van der Waals surface area (Å²) in [4.78, 5) is 0. The highest BCUT2D eigenvalue weighted by atomic mass is 15.3. The maximum absolute atomic E-state index is 4.43. The van der Waals surface area contributed by atoms with Gasteiger partial charge < -0.3 is 5.32 Å². The third kappa shape index (κ3) is 3.00. The van der Waals surface area contributed by atoms with Crippen LogP contribution in [0.3, 0.4) is 0 Å². The SMILES string of the molecule is CCCCC(CC)Nc1c(C)nn(C)c1C. The van der Waals surface area contributed by atoms with Gasteiger partial charge in [0.15, 0.2) is 0 Å². The van der Waals surface area contributed by atoms with Crippen molar-refractivity contribution in [2.75, 3.05) is 5.32 Å². The Morgan fingerprint density at radius 3 is 2.44 bits per heavy atom. The van der Waals surface area contributed by atoms with Gasteiger partial charge in [0.25, 0.3) is 0 Å². The second-order valence-electron chi connectivity index (χ2n) is 4.56. The summed E-state index contributed by atoms with van der Waals surface area (Å²) in [6, 6.07) is 0.585. The lowest BCUT2D eigenvalue weighted by Crippen LogP contribution is -2.19. The van der Waals surface area contributed by atoms with Gasteiger partial charge in [-0.05, 0) is 26.7 Å². The standard InChI is InChI=1S/C13H25N3/c1-6-8-9-12(7-2)14-13-10(3)15-16(5)11(13)4/h12,14H,6-9H2,1-5H3. The minimum atomic E-state index is 0.585. The maximum atomic E-state index is 4.43. The fraction of sp³-hybridized carbons (Fsp3) is 0.769. The van der Waals surface area contributed by atoms with E-state index in [1.54, 1.807) is 0 Å². The third-order valence-corrected chi connectivity index (χ3v) is 3.26. The number of nitrogens with zero attached hydrogens (tertiary/aromatic N) is 2. The van der Waals surface area contributed by atoms with Gasteiger partial charge in [0.1, 0.15) is 0 Å². The van der Waals surface area contributed by atoms with Crippen molar-refractivity contribution in [3.8, 4) is 0 Å². The van der Waals surface area contributed by atoms with E-state index in [0.29, 0.717) is 6.04 Å². The zero-order valence-electron chi connectivity index (χ0n) is 11.3. The first-order valence-electron chi connectivity index (χ1n) is 6.36. The molecule has 0 bridgehead atoms. The Morgan fingerprint density at radius 2 is 2.00 bits per heavy atom. The van der Waals surface area contributed by atoms with E-state index in [1.807, 2.05) is 11.7 Å². The lowest BCUT2D eigenvalue weighted by atomic mass is 10.1. The smallest absolute Gasteiger partial charge is 0.0827 e. The molecule has 0 radical (unpaired) electrons. The van der Waals surface area contributed by atoms with Crippen molar-refractivity contribution in [3.05, 3.63) is 11.4 Å². The first kappa shape index (κ1) is 13.1. The zero-order valence-corrected chi connectivity index (χ0v) is 11.3. The summed E-state index contributed by atoms with van der Waals surface area (Å²) in [5.41, 5.74) is 3.56. The van der Waals surface area contributed by atoms with Crippen LogP contribution in [0.4, 0.5) is 5.69 Å². The molecule has 0 aromatic carbocycles. The Balaban J connectivity index is 2.69. The molecule has 1 rings (SSSR count). The van der Waals surface area contributed by atoms with Crippen molar-refractivity contribution in [1.29, 1.82) is 0 Å². The molecule has 1 heterocycles. The Hall–Kier alpha value is -0.990. The van der Waals surface area contributed by atoms with Gasteiger partial charge >= 0.3 is 0 Å². The third-order valence-electron chi connectivity index (χ3n) is 3.26. The Morgan fingerprint density at radius 1 is 1.31 bits per heavy atom. The van der Waals surface area contributed by atoms with Crippen molar-refractivity contribution >= 4 is 5.69 Å². The van der Waals surface area contributed by atoms with E-state index < -0.39 is 0 Å². The molecule has 3 nitrogen and oxygen atoms in total. The average molecular weight is 223 g/mol. The van der Waals surface area contributed by atoms with E-state index in [-0.39, 0.29) is 0 Å². The van der Waals surface area contributed by atoms with Crippen molar-refractivity contribution in [3.63, 3.8) is 0 Å². The van der Waals surface area contributed by atoms with Crippen LogP contribution in [0, 0.1) is 13.8 Å². The van der Waals surface area contributed by atoms with Crippen LogP contribution in [-0.2, 0) is 7.05 Å². The number of anilines is 1. The lowest BCUT2D eigenvalue weighted by Gasteiger charge is -2.18. The summed E-state index contributed by atoms with van der Waals surface area (Å²) in [6.45, 7) is 8.68. The second-order valence-corrected chi connectivity index (χ2v) is 4.56. The molecule has 1 N–H and O–H groups in total. The summed E-state index contributed by atoms with van der Waals surface area (Å²) in [5.74, 6) is 0. The first-order valence-corrected chi connectivity index (χ1v) is 6.36. The van der Waals surface area contributed by atoms with Crippen LogP contribution in [0.5, 0.6) is 0 Å². The molecule has 0 saturated heterocycles. The minimum absolute atomic E-state index is 0.585. The molecule has 0 fully saturated rings. The van der Waals surface area contributed by atoms with E-state index >= 15 is 0 Å². The van der Waals surface area contributed by atoms with Crippen LogP contribution >= 0.6 is 0 Å². The molecular formula is C13H25N3. The summed E-state index contributed by atoms with van der Waals surface area (Å²) in [5, 5.41) is 8.07. The van der Waals surface area contributed by atoms with Crippen LogP contribution in [0.1, 0.15) is 50.9 Å². The quantitative estimate of drug-likeness (QED) is 0.801. The van der Waals surface area contributed by atoms with Gasteiger partial charge in [0.2, 0.25) is 0 Å². The largest absolute Gasteiger partial charge is 0.379 e. The van der Waals surface area contributed by atoms with Crippen molar-refractivity contribution < 1.29 is 0 Å². The second kappa shape index (κ2) is 5.92. The number of nitrogens with one attached hydrogen (secondary N) is 1. The minimum Gasteiger partial charge on any atom is -0.379 e. The van der Waals surface area contributed by atoms with E-state index in [2.05, 4.69) is 38.1 Å². The molecule has 0 aliphatic rings. The molecule has 1 unspecified atom stereocenters. The number of rotatable bonds is 6. The molecular weight excluding hydrogens is 198 g/mol. The number of aryl methyl sites for hydroxylation is 2. The summed E-state index contributed by atoms with van der Waals surface area (Å²) < 4.78 is 1.95. The highest BCUT2D eigenvalue weighted by molar-refractivity contribution is 5.52. The monoisotopic (exact) mass is 223 g/mol. The van der Waals surface area contributed by atoms with E-state index in [0.717, 1.165) is 5.69 Å². The number of unbranched alkanes of at least 4 members (excludes halogenated alkanes) is 1. The van der Waals surface area contributed by atoms with Crippen molar-refractivity contribution in [2.24, 2.45) is 7.05 Å². The highest BCUT2D eigenvalue weighted by Gasteiger charge is 2.12. The van der Waals surface area contributed by atoms with Crippen LogP contribution < -0.4 is 5.32 Å². The zero-order chi connectivity index (χ0) is 12.1. The molecule has 1 aromatic rings. The summed E-state index contributed by atoms with van der Waals surface area (Å²) >= 11 is 0. The van der Waals surface area contributed by atoms with E-state index in [1.165, 1.54) is 37.1 Å². The molecule has 1 aromatic heterocycles. The van der Waals surface area contributed by atoms with Crippen molar-refractivity contribution in [1.82, 2.24) is 9.78 Å². The molecule has 0 aliphatic heterocycles. The van der Waals surface area contributed by atoms with Gasteiger partial charge in [-0.2, -0.15) is 5.10 Å². The molecule has 1 atom stereocenters. The van der Waals surface area contributed by atoms with E-state index in [4.69, 9.17) is 0 Å². The van der Waals surface area contributed by atoms with Gasteiger partial charge in [0.05, 0.1) is 17.1 Å². The number of aromatic nitrogens is 2. The van der Waals surface area contributed by atoms with Gasteiger partial charge in [0, 0.05) is 13.1 Å². The first-order chi connectivity index (χ1) is 7.60. The molecule has 3 heteroatoms. The molecule has 0 saturated carbocycles. The molecule has 0 aliphatic carbocycles. The fourth-order valence-corrected chi connectivity index (χ4v) is 2.02. The molecule has 0 spiro atoms. The fourth-order valence-electron chi connectivity index (χ4n) is 2.02. The summed E-state index contributed by atoms with van der Waals surface area (Å²) in [6.07, 6.45) is 4.99. The van der Waals surface area contributed by atoms with Crippen LogP contribution in [0.15, 0.2) is 0 Å². The van der Waals surface area contributed by atoms with Crippen LogP contribution in [-0.4, -0.2) is 15.8 Å². The number of hydrogen-bond acceptors (Lipinski definition) is 2. The van der Waals surface area contributed by atoms with Gasteiger partial charge in [-0.3, -0.25) is 4.68 Å². The highest BCUT2D eigenvalue weighted by Crippen LogP contribution is 2.21. The normalized spacial score (nSPS) is 12.8. The van der Waals surface area contributed by atoms with Crippen molar-refractivity contribution in [2.45, 2.75) is 59.4 Å². The van der Waals surface area contributed by atoms with Crippen LogP contribution in [0.25, 0.3) is 0 Å². The maximum Gasteiger partial charge on any atom is 0.0827 e. The van der Waals surface area contributed by atoms with E-state index in [9.17, 15) is 0 Å². The predicted octanol–water partition coefficient (Wildman–Crippen LogP) is 3.42. The topological polar surface area (TPSA) is 29.9 Å². The lowest BCUT2D eigenvalue weighted by molar-refractivity contribution is 0.592. The Bertz CT molecular complexity index is 328. The van der Waals surface area contributed by atoms with Gasteiger partial charge in [-0.15, -0.1) is 0 Å². The summed E-state index contributed by atoms with van der Waals surface area (Å²) in [7, 11) is 2.00. The number of hydrogen-bond donors (Lipinski definition) is 1. The van der Waals surface area contributed by atoms with Gasteiger partial charge in [-0.25, -0.2) is 0 Å². The average Bonchev–Trinajstić information content (AvgIpc) is 2.50. The predicted molar refractivity (Wildman–Crippen MR) is 69.9 cm³/mol. The van der Waals surface area contributed by atoms with Gasteiger partial charge in [-0.1, -0.05) is 26.7 Å².